The first-order chi connectivity index (χ1) is 10.9. The summed E-state index contributed by atoms with van der Waals surface area (Å²) in [5.41, 5.74) is 0. The maximum atomic E-state index is 12.5. The number of hydroxylamine groups is 3. The quantitative estimate of drug-likeness (QED) is 0.189. The third-order valence-corrected chi connectivity index (χ3v) is 7.27. The summed E-state index contributed by atoms with van der Waals surface area (Å²) in [6, 6.07) is 0.727. The minimum Gasteiger partial charge on any atom is -0.633 e. The molecule has 23 heavy (non-hydrogen) atoms. The van der Waals surface area contributed by atoms with Crippen molar-refractivity contribution >= 4 is 14.8 Å². The molecule has 1 aliphatic heterocycles. The molecule has 1 heterocycles. The highest BCUT2D eigenvalue weighted by molar-refractivity contribution is 6.60. The van der Waals surface area contributed by atoms with Crippen molar-refractivity contribution < 1.29 is 27.5 Å². The SMILES string of the molecule is COC(=O)C1CC[N+]([O-])(CCNCCC[Si](OC)(OC)OC)C1. The minimum atomic E-state index is -2.50. The number of esters is 1. The van der Waals surface area contributed by atoms with Gasteiger partial charge in [-0.25, -0.2) is 0 Å². The summed E-state index contributed by atoms with van der Waals surface area (Å²) < 4.78 is 20.5. The Hall–Kier alpha value is -0.553. The molecule has 0 aromatic rings. The van der Waals surface area contributed by atoms with Crippen molar-refractivity contribution in [2.75, 3.05) is 61.2 Å². The van der Waals surface area contributed by atoms with Crippen LogP contribution < -0.4 is 5.32 Å². The summed E-state index contributed by atoms with van der Waals surface area (Å²) in [5.74, 6) is -0.525. The van der Waals surface area contributed by atoms with Gasteiger partial charge in [0, 0.05) is 40.3 Å². The summed E-state index contributed by atoms with van der Waals surface area (Å²) in [6.45, 7) is 2.66. The average Bonchev–Trinajstić information content (AvgIpc) is 2.97. The molecule has 0 bridgehead atoms. The summed E-state index contributed by atoms with van der Waals surface area (Å²) in [5, 5.41) is 15.8. The minimum absolute atomic E-state index is 0.255. The molecule has 0 spiro atoms. The Balaban J connectivity index is 2.19. The molecular formula is C14H30N2O6Si. The fourth-order valence-electron chi connectivity index (χ4n) is 2.93. The molecule has 0 aromatic carbocycles. The van der Waals surface area contributed by atoms with Crippen LogP contribution in [-0.2, 0) is 22.8 Å². The van der Waals surface area contributed by atoms with Crippen LogP contribution in [0.25, 0.3) is 0 Å². The Morgan fingerprint density at radius 2 is 1.87 bits per heavy atom. The van der Waals surface area contributed by atoms with Crippen LogP contribution in [0.5, 0.6) is 0 Å². The maximum absolute atomic E-state index is 12.5. The number of carbonyl (C=O) groups excluding carboxylic acids is 1. The summed E-state index contributed by atoms with van der Waals surface area (Å²) >= 11 is 0. The topological polar surface area (TPSA) is 89.1 Å². The molecule has 1 aliphatic rings. The molecule has 0 saturated carbocycles. The standard InChI is InChI=1S/C14H30N2O6Si/c1-19-14(17)13-6-9-16(18,12-13)10-8-15-7-5-11-23(20-2,21-3)22-4/h13,15H,5-12H2,1-4H3. The fraction of sp³-hybridized carbons (Fsp3) is 0.929. The number of likely N-dealkylation sites (tertiary alicyclic amines) is 1. The number of nitrogens with zero attached hydrogens (tertiary/aromatic N) is 1. The zero-order valence-corrected chi connectivity index (χ0v) is 15.6. The first-order valence-electron chi connectivity index (χ1n) is 7.95. The van der Waals surface area contributed by atoms with Crippen LogP contribution in [0.1, 0.15) is 12.8 Å². The highest BCUT2D eigenvalue weighted by Crippen LogP contribution is 2.23. The van der Waals surface area contributed by atoms with E-state index >= 15 is 0 Å². The Morgan fingerprint density at radius 1 is 1.22 bits per heavy atom. The molecule has 0 aromatic heterocycles. The van der Waals surface area contributed by atoms with E-state index in [4.69, 9.17) is 18.0 Å². The second-order valence-electron chi connectivity index (χ2n) is 5.85. The zero-order chi connectivity index (χ0) is 17.3. The summed E-state index contributed by atoms with van der Waals surface area (Å²) in [4.78, 5) is 11.5. The van der Waals surface area contributed by atoms with Gasteiger partial charge in [0.05, 0.1) is 26.7 Å². The number of nitrogens with one attached hydrogen (secondary N) is 1. The molecule has 136 valence electrons. The van der Waals surface area contributed by atoms with Crippen LogP contribution >= 0.6 is 0 Å². The van der Waals surface area contributed by atoms with Gasteiger partial charge in [0.2, 0.25) is 0 Å². The molecule has 1 saturated heterocycles. The van der Waals surface area contributed by atoms with Gasteiger partial charge in [-0.05, 0) is 13.0 Å². The van der Waals surface area contributed by atoms with Crippen LogP contribution in [0.15, 0.2) is 0 Å². The second-order valence-corrected chi connectivity index (χ2v) is 8.94. The van der Waals surface area contributed by atoms with E-state index in [1.165, 1.54) is 7.11 Å². The van der Waals surface area contributed by atoms with Crippen molar-refractivity contribution in [1.82, 2.24) is 5.32 Å². The van der Waals surface area contributed by atoms with Gasteiger partial charge in [-0.3, -0.25) is 4.79 Å². The lowest BCUT2D eigenvalue weighted by Gasteiger charge is -2.38. The van der Waals surface area contributed by atoms with Crippen molar-refractivity contribution in [1.29, 1.82) is 0 Å². The van der Waals surface area contributed by atoms with E-state index in [2.05, 4.69) is 5.32 Å². The van der Waals surface area contributed by atoms with Crippen LogP contribution in [0.4, 0.5) is 0 Å². The van der Waals surface area contributed by atoms with Crippen molar-refractivity contribution in [3.63, 3.8) is 0 Å². The van der Waals surface area contributed by atoms with Gasteiger partial charge in [-0.15, -0.1) is 0 Å². The van der Waals surface area contributed by atoms with E-state index < -0.39 is 8.80 Å². The van der Waals surface area contributed by atoms with Gasteiger partial charge in [0.25, 0.3) is 0 Å². The lowest BCUT2D eigenvalue weighted by Crippen LogP contribution is -2.45. The molecular weight excluding hydrogens is 320 g/mol. The van der Waals surface area contributed by atoms with Gasteiger partial charge in [-0.2, -0.15) is 0 Å². The predicted molar refractivity (Wildman–Crippen MR) is 87.4 cm³/mol. The van der Waals surface area contributed by atoms with Gasteiger partial charge >= 0.3 is 14.8 Å². The van der Waals surface area contributed by atoms with E-state index in [9.17, 15) is 10.0 Å². The summed E-state index contributed by atoms with van der Waals surface area (Å²) in [7, 11) is 3.67. The van der Waals surface area contributed by atoms with Crippen molar-refractivity contribution in [2.45, 2.75) is 18.9 Å². The van der Waals surface area contributed by atoms with Crippen molar-refractivity contribution in [3.05, 3.63) is 5.21 Å². The van der Waals surface area contributed by atoms with E-state index in [0.717, 1.165) is 19.0 Å². The molecule has 0 radical (unpaired) electrons. The van der Waals surface area contributed by atoms with Crippen LogP contribution in [-0.4, -0.2) is 80.6 Å². The molecule has 9 heteroatoms. The van der Waals surface area contributed by atoms with E-state index in [1.54, 1.807) is 21.3 Å². The zero-order valence-electron chi connectivity index (χ0n) is 14.6. The number of methoxy groups -OCH3 is 1. The highest BCUT2D eigenvalue weighted by atomic mass is 28.4. The monoisotopic (exact) mass is 350 g/mol. The predicted octanol–water partition coefficient (Wildman–Crippen LogP) is 0.352. The van der Waals surface area contributed by atoms with Crippen molar-refractivity contribution in [3.8, 4) is 0 Å². The number of carbonyl (C=O) groups is 1. The smallest absolute Gasteiger partial charge is 0.500 e. The number of rotatable bonds is 11. The third-order valence-electron chi connectivity index (χ3n) is 4.44. The van der Waals surface area contributed by atoms with Crippen LogP contribution in [0.2, 0.25) is 6.04 Å². The maximum Gasteiger partial charge on any atom is 0.500 e. The molecule has 0 amide bonds. The molecule has 0 aliphatic carbocycles. The molecule has 8 nitrogen and oxygen atoms in total. The average molecular weight is 350 g/mol. The van der Waals surface area contributed by atoms with Gasteiger partial charge in [0.1, 0.15) is 5.92 Å². The third kappa shape index (κ3) is 6.11. The Morgan fingerprint density at radius 3 is 2.43 bits per heavy atom. The lowest BCUT2D eigenvalue weighted by molar-refractivity contribution is -0.868. The second kappa shape index (κ2) is 9.67. The fourth-order valence-corrected chi connectivity index (χ4v) is 4.65. The Bertz CT molecular complexity index is 361. The van der Waals surface area contributed by atoms with Gasteiger partial charge in [-0.1, -0.05) is 0 Å². The molecule has 1 N–H and O–H groups in total. The first kappa shape index (κ1) is 20.5. The largest absolute Gasteiger partial charge is 0.633 e. The van der Waals surface area contributed by atoms with Gasteiger partial charge < -0.3 is 33.2 Å². The highest BCUT2D eigenvalue weighted by Gasteiger charge is 2.37. The number of hydrogen-bond acceptors (Lipinski definition) is 7. The Labute approximate surface area is 139 Å². The van der Waals surface area contributed by atoms with E-state index in [-0.39, 0.29) is 16.5 Å². The van der Waals surface area contributed by atoms with Crippen molar-refractivity contribution in [2.24, 2.45) is 5.92 Å². The number of quaternary nitrogens is 1. The van der Waals surface area contributed by atoms with Gasteiger partial charge in [0.15, 0.2) is 0 Å². The van der Waals surface area contributed by atoms with Crippen LogP contribution in [0, 0.1) is 11.1 Å². The van der Waals surface area contributed by atoms with E-state index in [1.807, 2.05) is 0 Å². The molecule has 1 rings (SSSR count). The number of hydrogen-bond donors (Lipinski definition) is 1. The normalized spacial score (nSPS) is 24.8. The molecule has 1 fully saturated rings. The Kier molecular flexibility index (Phi) is 8.62. The molecule has 2 atom stereocenters. The number of ether oxygens (including phenoxy) is 1. The lowest BCUT2D eigenvalue weighted by atomic mass is 10.1. The van der Waals surface area contributed by atoms with Crippen LogP contribution in [0.3, 0.4) is 0 Å². The molecule has 2 unspecified atom stereocenters. The van der Waals surface area contributed by atoms with E-state index in [0.29, 0.717) is 32.6 Å². The summed E-state index contributed by atoms with van der Waals surface area (Å²) in [6.07, 6.45) is 1.46. The first-order valence-corrected chi connectivity index (χ1v) is 9.88.